The molecular formula is C15H31N3O2. The smallest absolute Gasteiger partial charge is 0.324 e. The van der Waals surface area contributed by atoms with Gasteiger partial charge in [-0.15, -0.1) is 0 Å². The molecule has 0 bridgehead atoms. The molecule has 0 spiro atoms. The Kier molecular flexibility index (Phi) is 8.11. The molecule has 1 fully saturated rings. The van der Waals surface area contributed by atoms with Gasteiger partial charge in [-0.1, -0.05) is 13.8 Å². The molecule has 1 rings (SSSR count). The molecule has 0 radical (unpaired) electrons. The van der Waals surface area contributed by atoms with E-state index in [9.17, 15) is 4.79 Å². The number of esters is 1. The van der Waals surface area contributed by atoms with Gasteiger partial charge in [0, 0.05) is 38.8 Å². The highest BCUT2D eigenvalue weighted by atomic mass is 16.5. The van der Waals surface area contributed by atoms with Gasteiger partial charge >= 0.3 is 5.97 Å². The molecule has 0 saturated carbocycles. The maximum Gasteiger partial charge on any atom is 0.324 e. The van der Waals surface area contributed by atoms with Crippen molar-refractivity contribution in [1.82, 2.24) is 15.1 Å². The molecule has 0 aromatic rings. The highest BCUT2D eigenvalue weighted by Gasteiger charge is 2.25. The number of hydrogen-bond acceptors (Lipinski definition) is 5. The number of ether oxygens (including phenoxy) is 1. The maximum absolute atomic E-state index is 11.8. The van der Waals surface area contributed by atoms with E-state index in [4.69, 9.17) is 4.74 Å². The molecule has 1 aliphatic rings. The average molecular weight is 285 g/mol. The van der Waals surface area contributed by atoms with E-state index in [1.807, 2.05) is 0 Å². The Morgan fingerprint density at radius 2 is 1.90 bits per heavy atom. The first kappa shape index (κ1) is 17.4. The summed E-state index contributed by atoms with van der Waals surface area (Å²) in [6.45, 7) is 12.5. The molecule has 1 aliphatic heterocycles. The fourth-order valence-electron chi connectivity index (χ4n) is 2.59. The van der Waals surface area contributed by atoms with Crippen LogP contribution in [0.3, 0.4) is 0 Å². The van der Waals surface area contributed by atoms with Crippen molar-refractivity contribution in [3.8, 4) is 0 Å². The van der Waals surface area contributed by atoms with Gasteiger partial charge in [0.05, 0.1) is 7.11 Å². The van der Waals surface area contributed by atoms with Gasteiger partial charge < -0.3 is 10.1 Å². The summed E-state index contributed by atoms with van der Waals surface area (Å²) < 4.78 is 4.89. The summed E-state index contributed by atoms with van der Waals surface area (Å²) in [6.07, 6.45) is 2.22. The van der Waals surface area contributed by atoms with Gasteiger partial charge in [0.2, 0.25) is 0 Å². The molecule has 1 N–H and O–H groups in total. The van der Waals surface area contributed by atoms with E-state index in [0.29, 0.717) is 6.04 Å². The molecule has 0 aromatic carbocycles. The zero-order chi connectivity index (χ0) is 15.0. The topological polar surface area (TPSA) is 44.8 Å². The monoisotopic (exact) mass is 285 g/mol. The highest BCUT2D eigenvalue weighted by molar-refractivity contribution is 5.75. The molecule has 0 aliphatic carbocycles. The first-order valence-electron chi connectivity index (χ1n) is 7.89. The summed E-state index contributed by atoms with van der Waals surface area (Å²) >= 11 is 0. The normalized spacial score (nSPS) is 20.6. The Balaban J connectivity index is 2.40. The lowest BCUT2D eigenvalue weighted by Gasteiger charge is -2.38. The number of piperazine rings is 1. The first-order valence-corrected chi connectivity index (χ1v) is 7.89. The summed E-state index contributed by atoms with van der Waals surface area (Å²) in [5.41, 5.74) is 0. The minimum atomic E-state index is -0.199. The minimum Gasteiger partial charge on any atom is -0.468 e. The van der Waals surface area contributed by atoms with Crippen molar-refractivity contribution in [2.24, 2.45) is 0 Å². The van der Waals surface area contributed by atoms with Gasteiger partial charge in [0.25, 0.3) is 0 Å². The molecule has 0 amide bonds. The lowest BCUT2D eigenvalue weighted by Crippen LogP contribution is -2.54. The van der Waals surface area contributed by atoms with Crippen LogP contribution in [0, 0.1) is 0 Å². The van der Waals surface area contributed by atoms with Crippen LogP contribution >= 0.6 is 0 Å². The van der Waals surface area contributed by atoms with Crippen LogP contribution in [-0.4, -0.2) is 74.2 Å². The molecule has 2 unspecified atom stereocenters. The highest BCUT2D eigenvalue weighted by Crippen LogP contribution is 2.09. The second-order valence-corrected chi connectivity index (χ2v) is 5.62. The molecule has 1 saturated heterocycles. The standard InChI is InChI=1S/C15H31N3O2/c1-5-7-16-14(15(19)20-4)12-17-8-10-18(11-9-17)13(3)6-2/h13-14,16H,5-12H2,1-4H3. The number of carbonyl (C=O) groups excluding carboxylic acids is 1. The third-order valence-electron chi connectivity index (χ3n) is 4.19. The van der Waals surface area contributed by atoms with E-state index in [1.165, 1.54) is 13.5 Å². The Morgan fingerprint density at radius 3 is 2.40 bits per heavy atom. The zero-order valence-electron chi connectivity index (χ0n) is 13.5. The van der Waals surface area contributed by atoms with Gasteiger partial charge in [-0.3, -0.25) is 14.6 Å². The molecule has 118 valence electrons. The van der Waals surface area contributed by atoms with E-state index in [0.717, 1.165) is 45.7 Å². The second-order valence-electron chi connectivity index (χ2n) is 5.62. The van der Waals surface area contributed by atoms with Crippen LogP contribution in [0.25, 0.3) is 0 Å². The Bertz CT molecular complexity index is 278. The summed E-state index contributed by atoms with van der Waals surface area (Å²) in [6, 6.07) is 0.460. The molecule has 2 atom stereocenters. The van der Waals surface area contributed by atoms with Gasteiger partial charge in [-0.2, -0.15) is 0 Å². The van der Waals surface area contributed by atoms with Gasteiger partial charge in [0.15, 0.2) is 0 Å². The molecule has 1 heterocycles. The van der Waals surface area contributed by atoms with Crippen molar-refractivity contribution < 1.29 is 9.53 Å². The van der Waals surface area contributed by atoms with E-state index >= 15 is 0 Å². The van der Waals surface area contributed by atoms with Gasteiger partial charge in [-0.05, 0) is 26.3 Å². The molecule has 20 heavy (non-hydrogen) atoms. The number of hydrogen-bond donors (Lipinski definition) is 1. The van der Waals surface area contributed by atoms with Crippen molar-refractivity contribution in [3.05, 3.63) is 0 Å². The molecule has 0 aromatic heterocycles. The summed E-state index contributed by atoms with van der Waals surface area (Å²) in [5.74, 6) is -0.150. The lowest BCUT2D eigenvalue weighted by atomic mass is 10.1. The van der Waals surface area contributed by atoms with Crippen LogP contribution in [0.2, 0.25) is 0 Å². The summed E-state index contributed by atoms with van der Waals surface area (Å²) in [7, 11) is 1.46. The lowest BCUT2D eigenvalue weighted by molar-refractivity contribution is -0.143. The van der Waals surface area contributed by atoms with E-state index < -0.39 is 0 Å². The first-order chi connectivity index (χ1) is 9.62. The van der Waals surface area contributed by atoms with Crippen molar-refractivity contribution in [2.45, 2.75) is 45.7 Å². The number of nitrogens with zero attached hydrogens (tertiary/aromatic N) is 2. The summed E-state index contributed by atoms with van der Waals surface area (Å²) in [4.78, 5) is 16.7. The predicted molar refractivity (Wildman–Crippen MR) is 81.9 cm³/mol. The third kappa shape index (κ3) is 5.38. The van der Waals surface area contributed by atoms with Gasteiger partial charge in [-0.25, -0.2) is 0 Å². The van der Waals surface area contributed by atoms with Gasteiger partial charge in [0.1, 0.15) is 6.04 Å². The van der Waals surface area contributed by atoms with E-state index in [-0.39, 0.29) is 12.0 Å². The van der Waals surface area contributed by atoms with Crippen molar-refractivity contribution >= 4 is 5.97 Å². The van der Waals surface area contributed by atoms with Crippen LogP contribution in [0.4, 0.5) is 0 Å². The fraction of sp³-hybridized carbons (Fsp3) is 0.933. The minimum absolute atomic E-state index is 0.150. The second kappa shape index (κ2) is 9.32. The SMILES string of the molecule is CCCNC(CN1CCN(C(C)CC)CC1)C(=O)OC. The quantitative estimate of drug-likeness (QED) is 0.673. The maximum atomic E-state index is 11.8. The van der Waals surface area contributed by atoms with Crippen LogP contribution in [-0.2, 0) is 9.53 Å². The Hall–Kier alpha value is -0.650. The Morgan fingerprint density at radius 1 is 1.25 bits per heavy atom. The van der Waals surface area contributed by atoms with E-state index in [1.54, 1.807) is 0 Å². The largest absolute Gasteiger partial charge is 0.468 e. The molecule has 5 heteroatoms. The average Bonchev–Trinajstić information content (AvgIpc) is 2.50. The van der Waals surface area contributed by atoms with Crippen LogP contribution in [0.5, 0.6) is 0 Å². The van der Waals surface area contributed by atoms with Crippen molar-refractivity contribution in [2.75, 3.05) is 46.4 Å². The number of nitrogens with one attached hydrogen (secondary N) is 1. The zero-order valence-corrected chi connectivity index (χ0v) is 13.5. The third-order valence-corrected chi connectivity index (χ3v) is 4.19. The Labute approximate surface area is 123 Å². The number of methoxy groups -OCH3 is 1. The number of carbonyl (C=O) groups is 1. The van der Waals surface area contributed by atoms with E-state index in [2.05, 4.69) is 35.9 Å². The number of rotatable bonds is 8. The summed E-state index contributed by atoms with van der Waals surface area (Å²) in [5, 5.41) is 3.28. The van der Waals surface area contributed by atoms with Crippen molar-refractivity contribution in [1.29, 1.82) is 0 Å². The molecule has 5 nitrogen and oxygen atoms in total. The molecular weight excluding hydrogens is 254 g/mol. The fourth-order valence-corrected chi connectivity index (χ4v) is 2.59. The van der Waals surface area contributed by atoms with Crippen LogP contribution in [0.15, 0.2) is 0 Å². The van der Waals surface area contributed by atoms with Crippen LogP contribution < -0.4 is 5.32 Å². The van der Waals surface area contributed by atoms with Crippen molar-refractivity contribution in [3.63, 3.8) is 0 Å². The predicted octanol–water partition coefficient (Wildman–Crippen LogP) is 0.944. The van der Waals surface area contributed by atoms with Crippen LogP contribution in [0.1, 0.15) is 33.6 Å².